The Labute approximate surface area is 131 Å². The van der Waals surface area contributed by atoms with Gasteiger partial charge in [-0.3, -0.25) is 0 Å². The molecule has 4 rings (SSSR count). The van der Waals surface area contributed by atoms with Crippen LogP contribution in [0.25, 0.3) is 10.8 Å². The number of anilines is 1. The first kappa shape index (κ1) is 13.4. The monoisotopic (exact) mass is 300 g/mol. The largest absolute Gasteiger partial charge is 0.353 e. The summed E-state index contributed by atoms with van der Waals surface area (Å²) in [4.78, 5) is 7.37. The van der Waals surface area contributed by atoms with E-state index >= 15 is 0 Å². The first-order chi connectivity index (χ1) is 10.4. The second kappa shape index (κ2) is 5.49. The summed E-state index contributed by atoms with van der Waals surface area (Å²) in [6, 6.07) is 9.28. The van der Waals surface area contributed by atoms with Gasteiger partial charge in [0.2, 0.25) is 0 Å². The Balaban J connectivity index is 1.80. The van der Waals surface area contributed by atoms with E-state index < -0.39 is 0 Å². The zero-order chi connectivity index (χ0) is 14.2. The maximum atomic E-state index is 6.08. The minimum Gasteiger partial charge on any atom is -0.353 e. The Morgan fingerprint density at radius 2 is 1.90 bits per heavy atom. The summed E-state index contributed by atoms with van der Waals surface area (Å²) in [5, 5.41) is 2.53. The van der Waals surface area contributed by atoms with Crippen LogP contribution in [0.4, 0.5) is 5.82 Å². The Bertz CT molecular complexity index is 655. The molecule has 0 radical (unpaired) electrons. The van der Waals surface area contributed by atoms with Crippen molar-refractivity contribution in [1.82, 2.24) is 4.98 Å². The Kier molecular flexibility index (Phi) is 3.50. The number of alkyl halides is 1. The molecular formula is C18H21ClN2. The molecule has 0 bridgehead atoms. The first-order valence-corrected chi connectivity index (χ1v) is 8.61. The third-order valence-electron chi connectivity index (χ3n) is 5.28. The smallest absolute Gasteiger partial charge is 0.136 e. The number of benzene rings is 1. The third kappa shape index (κ3) is 2.20. The van der Waals surface area contributed by atoms with Crippen LogP contribution in [0.2, 0.25) is 0 Å². The molecule has 21 heavy (non-hydrogen) atoms. The van der Waals surface area contributed by atoms with Gasteiger partial charge >= 0.3 is 0 Å². The quantitative estimate of drug-likeness (QED) is 0.745. The minimum absolute atomic E-state index is 0.528. The number of rotatable bonds is 2. The molecule has 1 saturated heterocycles. The Morgan fingerprint density at radius 1 is 1.10 bits per heavy atom. The van der Waals surface area contributed by atoms with Gasteiger partial charge in [-0.1, -0.05) is 37.1 Å². The van der Waals surface area contributed by atoms with Crippen LogP contribution in [-0.4, -0.2) is 17.6 Å². The van der Waals surface area contributed by atoms with Gasteiger partial charge in [0, 0.05) is 30.0 Å². The fraction of sp³-hybridized carbons (Fsp3) is 0.500. The maximum absolute atomic E-state index is 6.08. The SMILES string of the molecule is ClCc1cnc(N2CCC3CCCCC32)c2ccccc12. The first-order valence-electron chi connectivity index (χ1n) is 8.07. The molecule has 0 spiro atoms. The van der Waals surface area contributed by atoms with Gasteiger partial charge < -0.3 is 4.90 Å². The normalized spacial score (nSPS) is 25.3. The van der Waals surface area contributed by atoms with Crippen molar-refractivity contribution in [2.75, 3.05) is 11.4 Å². The lowest BCUT2D eigenvalue weighted by Crippen LogP contribution is -2.35. The molecular weight excluding hydrogens is 280 g/mol. The molecule has 1 saturated carbocycles. The fourth-order valence-corrected chi connectivity index (χ4v) is 4.45. The molecule has 2 heterocycles. The number of hydrogen-bond donors (Lipinski definition) is 0. The third-order valence-corrected chi connectivity index (χ3v) is 5.57. The van der Waals surface area contributed by atoms with E-state index in [0.717, 1.165) is 18.0 Å². The van der Waals surface area contributed by atoms with Crippen LogP contribution in [0.3, 0.4) is 0 Å². The van der Waals surface area contributed by atoms with Gasteiger partial charge in [0.1, 0.15) is 5.82 Å². The van der Waals surface area contributed by atoms with E-state index in [4.69, 9.17) is 16.6 Å². The second-order valence-electron chi connectivity index (χ2n) is 6.38. The van der Waals surface area contributed by atoms with Crippen LogP contribution in [0, 0.1) is 5.92 Å². The molecule has 2 fully saturated rings. The summed E-state index contributed by atoms with van der Waals surface area (Å²) in [5.41, 5.74) is 1.13. The summed E-state index contributed by atoms with van der Waals surface area (Å²) in [7, 11) is 0. The zero-order valence-corrected chi connectivity index (χ0v) is 13.0. The van der Waals surface area contributed by atoms with E-state index in [9.17, 15) is 0 Å². The number of nitrogens with zero attached hydrogens (tertiary/aromatic N) is 2. The maximum Gasteiger partial charge on any atom is 0.136 e. The molecule has 110 valence electrons. The van der Waals surface area contributed by atoms with Crippen LogP contribution in [0.5, 0.6) is 0 Å². The van der Waals surface area contributed by atoms with Crippen molar-refractivity contribution in [3.63, 3.8) is 0 Å². The predicted octanol–water partition coefficient (Wildman–Crippen LogP) is 4.74. The van der Waals surface area contributed by atoms with Crippen molar-refractivity contribution in [3.8, 4) is 0 Å². The lowest BCUT2D eigenvalue weighted by Gasteiger charge is -2.33. The molecule has 3 heteroatoms. The van der Waals surface area contributed by atoms with Gasteiger partial charge in [0.15, 0.2) is 0 Å². The number of halogens is 1. The van der Waals surface area contributed by atoms with Crippen molar-refractivity contribution >= 4 is 28.2 Å². The van der Waals surface area contributed by atoms with Crippen LogP contribution >= 0.6 is 11.6 Å². The van der Waals surface area contributed by atoms with E-state index in [1.165, 1.54) is 48.7 Å². The van der Waals surface area contributed by atoms with E-state index in [2.05, 4.69) is 29.2 Å². The predicted molar refractivity (Wildman–Crippen MR) is 89.0 cm³/mol. The van der Waals surface area contributed by atoms with Crippen LogP contribution in [-0.2, 0) is 5.88 Å². The summed E-state index contributed by atoms with van der Waals surface area (Å²) in [6.45, 7) is 1.16. The Morgan fingerprint density at radius 3 is 2.76 bits per heavy atom. The molecule has 1 aliphatic carbocycles. The van der Waals surface area contributed by atoms with Gasteiger partial charge in [-0.15, -0.1) is 11.6 Å². The second-order valence-corrected chi connectivity index (χ2v) is 6.65. The van der Waals surface area contributed by atoms with Gasteiger partial charge in [0.05, 0.1) is 0 Å². The number of fused-ring (bicyclic) bond motifs is 2. The summed E-state index contributed by atoms with van der Waals surface area (Å²) < 4.78 is 0. The summed E-state index contributed by atoms with van der Waals surface area (Å²) in [5.74, 6) is 2.58. The molecule has 2 aliphatic rings. The highest BCUT2D eigenvalue weighted by Crippen LogP contribution is 2.40. The van der Waals surface area contributed by atoms with Crippen molar-refractivity contribution in [3.05, 3.63) is 36.0 Å². The molecule has 2 nitrogen and oxygen atoms in total. The van der Waals surface area contributed by atoms with E-state index in [1.807, 2.05) is 6.20 Å². The van der Waals surface area contributed by atoms with E-state index in [1.54, 1.807) is 0 Å². The van der Waals surface area contributed by atoms with Gasteiger partial charge in [0.25, 0.3) is 0 Å². The lowest BCUT2D eigenvalue weighted by atomic mass is 9.85. The van der Waals surface area contributed by atoms with Crippen LogP contribution in [0.15, 0.2) is 30.5 Å². The molecule has 2 aromatic rings. The Hall–Kier alpha value is -1.28. The molecule has 1 aromatic heterocycles. The summed E-state index contributed by atoms with van der Waals surface area (Å²) in [6.07, 6.45) is 8.82. The fourth-order valence-electron chi connectivity index (χ4n) is 4.24. The van der Waals surface area contributed by atoms with Crippen molar-refractivity contribution < 1.29 is 0 Å². The highest BCUT2D eigenvalue weighted by molar-refractivity contribution is 6.18. The molecule has 0 amide bonds. The van der Waals surface area contributed by atoms with Crippen molar-refractivity contribution in [2.24, 2.45) is 5.92 Å². The average Bonchev–Trinajstić information content (AvgIpc) is 2.98. The summed E-state index contributed by atoms with van der Waals surface area (Å²) >= 11 is 6.08. The van der Waals surface area contributed by atoms with Gasteiger partial charge in [-0.05, 0) is 36.1 Å². The number of aromatic nitrogens is 1. The minimum atomic E-state index is 0.528. The molecule has 2 unspecified atom stereocenters. The topological polar surface area (TPSA) is 16.1 Å². The number of hydrogen-bond acceptors (Lipinski definition) is 2. The highest BCUT2D eigenvalue weighted by Gasteiger charge is 2.36. The van der Waals surface area contributed by atoms with Crippen molar-refractivity contribution in [2.45, 2.75) is 44.0 Å². The molecule has 1 aliphatic heterocycles. The average molecular weight is 301 g/mol. The van der Waals surface area contributed by atoms with Crippen LogP contribution in [0.1, 0.15) is 37.7 Å². The van der Waals surface area contributed by atoms with Crippen molar-refractivity contribution in [1.29, 1.82) is 0 Å². The lowest BCUT2D eigenvalue weighted by molar-refractivity contribution is 0.341. The van der Waals surface area contributed by atoms with Gasteiger partial charge in [-0.2, -0.15) is 0 Å². The zero-order valence-electron chi connectivity index (χ0n) is 12.3. The van der Waals surface area contributed by atoms with E-state index in [-0.39, 0.29) is 0 Å². The molecule has 0 N–H and O–H groups in total. The number of pyridine rings is 1. The standard InChI is InChI=1S/C18H21ClN2/c19-11-14-12-20-18(16-7-3-2-6-15(14)16)21-10-9-13-5-1-4-8-17(13)21/h2-3,6-7,12-13,17H,1,4-5,8-11H2. The van der Waals surface area contributed by atoms with Crippen LogP contribution < -0.4 is 4.90 Å². The highest BCUT2D eigenvalue weighted by atomic mass is 35.5. The molecule has 1 aromatic carbocycles. The molecule has 2 atom stereocenters. The van der Waals surface area contributed by atoms with E-state index in [0.29, 0.717) is 11.9 Å². The van der Waals surface area contributed by atoms with Gasteiger partial charge in [-0.25, -0.2) is 4.98 Å².